The van der Waals surface area contributed by atoms with Gasteiger partial charge in [0.15, 0.2) is 6.29 Å². The molecule has 36 nitrogen and oxygen atoms in total. The Labute approximate surface area is 859 Å². The van der Waals surface area contributed by atoms with Crippen LogP contribution in [-0.2, 0) is 64.5 Å². The second kappa shape index (κ2) is 53.4. The van der Waals surface area contributed by atoms with Gasteiger partial charge in [0.25, 0.3) is 0 Å². The van der Waals surface area contributed by atoms with Crippen molar-refractivity contribution in [1.29, 1.82) is 5.26 Å². The number of carbonyl (C=O) groups excluding carboxylic acids is 4. The van der Waals surface area contributed by atoms with E-state index in [4.69, 9.17) is 5.26 Å². The Morgan fingerprint density at radius 1 is 0.350 bits per heavy atom. The first-order valence-corrected chi connectivity index (χ1v) is 52.5. The predicted octanol–water partition coefficient (Wildman–Crippen LogP) is 10.7. The van der Waals surface area contributed by atoms with Crippen LogP contribution in [0.1, 0.15) is 186 Å². The average molecular weight is 2100 g/mol. The number of hydrogen-bond donors (Lipinski definition) is 4. The van der Waals surface area contributed by atoms with E-state index >= 15 is 0 Å². The number of aliphatic hydroxyl groups excluding tert-OH is 4. The first-order valence-electron chi connectivity index (χ1n) is 43.2. The molecule has 762 valence electrons. The van der Waals surface area contributed by atoms with E-state index in [-0.39, 0.29) is 121 Å². The number of anilines is 5. The summed E-state index contributed by atoms with van der Waals surface area (Å²) in [5.41, 5.74) is 9.40. The Balaban J connectivity index is 0.000000316. The van der Waals surface area contributed by atoms with Crippen molar-refractivity contribution in [2.24, 2.45) is 0 Å². The average Bonchev–Trinajstić information content (AvgIpc) is 0.796. The number of benzene rings is 5. The Bertz CT molecular complexity index is 6760. The smallest absolute Gasteiger partial charge is 0.550 e. The number of aliphatic hydroxyl groups is 4. The van der Waals surface area contributed by atoms with Crippen LogP contribution < -0.4 is 31.7 Å². The van der Waals surface area contributed by atoms with E-state index in [9.17, 15) is 114 Å². The largest absolute Gasteiger partial charge is 2.00 e. The van der Waals surface area contributed by atoms with Gasteiger partial charge in [0.1, 0.15) is 35.4 Å². The molecule has 4 atom stereocenters. The van der Waals surface area contributed by atoms with E-state index in [1.54, 1.807) is 36.4 Å². The zero-order valence-electron chi connectivity index (χ0n) is 82.0. The number of rotatable bonds is 36. The first-order chi connectivity index (χ1) is 66.0. The summed E-state index contributed by atoms with van der Waals surface area (Å²) in [7, 11) is -11.3. The number of aromatic nitrogens is 10. The number of carboxylic acids is 2. The predicted molar refractivity (Wildman–Crippen MR) is 535 cm³/mol. The van der Waals surface area contributed by atoms with Gasteiger partial charge in [-0.25, -0.2) is 135 Å². The minimum absolute atomic E-state index is 0. The fourth-order valence-electron chi connectivity index (χ4n) is 12.9. The van der Waals surface area contributed by atoms with Crippen LogP contribution in [-0.4, -0.2) is 266 Å². The summed E-state index contributed by atoms with van der Waals surface area (Å²) in [6.07, 6.45) is 11.4. The van der Waals surface area contributed by atoms with Crippen molar-refractivity contribution in [3.05, 3.63) is 231 Å². The number of sulfonamides is 5. The molecular formula is C96H111CaF5N16O20S5. The number of nitrogens with zero attached hydrogens (tertiary/aromatic N) is 16. The molecule has 0 fully saturated rings. The fraction of sp³-hybridized carbons (Fsp3) is 0.344. The summed E-state index contributed by atoms with van der Waals surface area (Å²) in [6.45, 7) is 18.7. The third-order valence-corrected chi connectivity index (χ3v) is 26.4. The minimum atomic E-state index is -3.66. The van der Waals surface area contributed by atoms with Crippen LogP contribution in [0.15, 0.2) is 146 Å². The Morgan fingerprint density at radius 2 is 0.545 bits per heavy atom. The van der Waals surface area contributed by atoms with Crippen LogP contribution >= 0.6 is 0 Å². The van der Waals surface area contributed by atoms with Gasteiger partial charge in [-0.05, 0) is 169 Å². The van der Waals surface area contributed by atoms with Crippen molar-refractivity contribution in [2.75, 3.05) is 88.0 Å². The Kier molecular flexibility index (Phi) is 45.2. The number of aliphatic carboxylic acids is 2. The Morgan fingerprint density at radius 3 is 0.727 bits per heavy atom. The maximum absolute atomic E-state index is 13.5. The standard InChI is InChI=1S/2C22H28FN3O6S.C18H19FN4O2S.C18H20FN3O3S.C16H18FN3O3S.Ca/c2*1-13(2)20-18(10-9-16(27)11-17(28)12-19(29)30)21(14-5-7-15(23)8-6-14)25-22(24-20)26(3)33(4,31)32;1-12(2)16-15(6-5-11-20)17(13-7-9-14(19)10-8-13)22-18(21-16)23(3)26(4,24)25;1-12(2)16-15(6-5-11-23)17(13-7-9-14(19)10-8-13)21-18(20-16)22(3)26(4,24)25;1-10(2)14-13(9-21)15(11-5-7-12(17)8-6-11)19-16(18-14)20(3)24(4,22)23;/h2*5-10,13,16-17,27-28H,11-12H2,1-4H3,(H,29,30);5-10,12H,1-4H3;5-12H,1-4H3;5-10H,1-4H3;/q;;;;;+2/p-2/b2*10-9+;2*6-5+;;/t2*16-,17-;;;;/m11..../s1. The molecule has 0 amide bonds. The summed E-state index contributed by atoms with van der Waals surface area (Å²) in [5, 5.41) is 70.0. The number of carboxylic acid groups (broad SMARTS) is 2. The van der Waals surface area contributed by atoms with Gasteiger partial charge in [0, 0.05) is 129 Å². The fourth-order valence-corrected chi connectivity index (χ4v) is 14.8. The maximum atomic E-state index is 13.5. The topological polar surface area (TPSA) is 535 Å². The second-order valence-corrected chi connectivity index (χ2v) is 43.7. The van der Waals surface area contributed by atoms with Gasteiger partial charge in [-0.3, -0.25) is 9.59 Å². The molecule has 5 heterocycles. The second-order valence-electron chi connectivity index (χ2n) is 33.7. The van der Waals surface area contributed by atoms with Gasteiger partial charge in [-0.15, -0.1) is 0 Å². The normalized spacial score (nSPS) is 12.7. The molecule has 4 N–H and O–H groups in total. The van der Waals surface area contributed by atoms with Gasteiger partial charge < -0.3 is 40.2 Å². The molecule has 10 aromatic rings. The van der Waals surface area contributed by atoms with Crippen LogP contribution in [0.4, 0.5) is 51.7 Å². The number of hydrogen-bond acceptors (Lipinski definition) is 31. The summed E-state index contributed by atoms with van der Waals surface area (Å²) in [6, 6.07) is 29.7. The van der Waals surface area contributed by atoms with E-state index in [2.05, 4.69) is 49.8 Å². The molecule has 10 rings (SSSR count). The SMILES string of the molecule is CC(C)c1nc(N(C)S(C)(=O)=O)nc(-c2ccc(F)cc2)c1/C=C/C#N.CC(C)c1nc(N(C)S(C)(=O)=O)nc(-c2ccc(F)cc2)c1/C=C/C=O.CC(C)c1nc(N(C)S(C)(=O)=O)nc(-c2ccc(F)cc2)c1/C=C/[C@@H](O)C[C@@H](O)CC(=O)[O-].CC(C)c1nc(N(C)S(C)(=O)=O)nc(-c2ccc(F)cc2)c1/C=C/[C@@H](O)C[C@@H](O)CC(=O)[O-].CC(C)c1nc(N(C)S(C)(=O)=O)nc(-c2ccc(F)cc2)c1C=O.[Ca+2]. The van der Waals surface area contributed by atoms with Gasteiger partial charge in [-0.2, -0.15) is 5.26 Å². The van der Waals surface area contributed by atoms with Crippen LogP contribution in [0.25, 0.3) is 80.6 Å². The van der Waals surface area contributed by atoms with Gasteiger partial charge >= 0.3 is 37.7 Å². The maximum Gasteiger partial charge on any atom is 2.00 e. The van der Waals surface area contributed by atoms with Crippen LogP contribution in [0.3, 0.4) is 0 Å². The zero-order valence-corrected chi connectivity index (χ0v) is 88.3. The van der Waals surface area contributed by atoms with E-state index in [0.717, 1.165) is 52.8 Å². The summed E-state index contributed by atoms with van der Waals surface area (Å²) < 4.78 is 191. The molecule has 0 aliphatic rings. The summed E-state index contributed by atoms with van der Waals surface area (Å²) in [4.78, 5) is 87.3. The van der Waals surface area contributed by atoms with E-state index in [1.807, 2.05) is 75.3 Å². The minimum Gasteiger partial charge on any atom is -0.550 e. The molecule has 0 unspecified atom stereocenters. The third kappa shape index (κ3) is 35.6. The molecule has 0 aliphatic carbocycles. The molecule has 5 aromatic carbocycles. The quantitative estimate of drug-likeness (QED) is 0.00931. The molecule has 5 aromatic heterocycles. The van der Waals surface area contributed by atoms with Crippen LogP contribution in [0, 0.1) is 40.4 Å². The number of allylic oxidation sites excluding steroid dienone is 2. The number of nitriles is 1. The molecule has 0 aliphatic heterocycles. The number of halogens is 5. The van der Waals surface area contributed by atoms with E-state index < -0.39 is 128 Å². The summed E-state index contributed by atoms with van der Waals surface area (Å²) >= 11 is 0. The molecule has 0 saturated carbocycles. The monoisotopic (exact) mass is 2100 g/mol. The summed E-state index contributed by atoms with van der Waals surface area (Å²) in [5.74, 6) is -5.73. The first kappa shape index (κ1) is 121. The molecule has 0 spiro atoms. The Hall–Kier alpha value is -12.3. The van der Waals surface area contributed by atoms with Crippen LogP contribution in [0.5, 0.6) is 0 Å². The molecular weight excluding hydrogens is 1990 g/mol. The van der Waals surface area contributed by atoms with Gasteiger partial charge in [0.05, 0.1) is 124 Å². The molecule has 143 heavy (non-hydrogen) atoms. The van der Waals surface area contributed by atoms with Crippen molar-refractivity contribution in [1.82, 2.24) is 49.8 Å². The van der Waals surface area contributed by atoms with Crippen molar-refractivity contribution >= 4 is 166 Å². The van der Waals surface area contributed by atoms with Crippen molar-refractivity contribution in [2.45, 2.75) is 149 Å². The molecule has 0 bridgehead atoms. The molecule has 47 heteroatoms. The van der Waals surface area contributed by atoms with Gasteiger partial charge in [0.2, 0.25) is 79.9 Å². The molecule has 0 radical (unpaired) electrons. The zero-order chi connectivity index (χ0) is 107. The third-order valence-electron chi connectivity index (χ3n) is 20.6. The van der Waals surface area contributed by atoms with Crippen molar-refractivity contribution < 1.29 is 114 Å². The van der Waals surface area contributed by atoms with Crippen LogP contribution in [0.2, 0.25) is 0 Å². The number of aldehydes is 2. The van der Waals surface area contributed by atoms with Crippen molar-refractivity contribution in [3.63, 3.8) is 0 Å². The van der Waals surface area contributed by atoms with E-state index in [1.165, 1.54) is 169 Å². The number of carbonyl (C=O) groups is 4. The van der Waals surface area contributed by atoms with Crippen molar-refractivity contribution in [3.8, 4) is 62.4 Å². The van der Waals surface area contributed by atoms with E-state index in [0.29, 0.717) is 114 Å². The molecule has 0 saturated heterocycles. The van der Waals surface area contributed by atoms with Gasteiger partial charge in [-0.1, -0.05) is 93.5 Å².